The van der Waals surface area contributed by atoms with Gasteiger partial charge in [0.05, 0.1) is 0 Å². The molecular weight excluding hydrogens is 378 g/mol. The molecule has 0 aliphatic rings. The molecule has 0 saturated carbocycles. The molecule has 1 aromatic heterocycles. The van der Waals surface area contributed by atoms with E-state index < -0.39 is 0 Å². The Bertz CT molecular complexity index is 1120. The normalized spacial score (nSPS) is 10.6. The SMILES string of the molecule is Cc1ccccc1-c1nnn(CC(=O)Nc2ccc(OCc3ccccc3)cc2)n1. The summed E-state index contributed by atoms with van der Waals surface area (Å²) < 4.78 is 5.76. The lowest BCUT2D eigenvalue weighted by Gasteiger charge is -2.08. The maximum Gasteiger partial charge on any atom is 0.248 e. The Labute approximate surface area is 174 Å². The molecule has 1 N–H and O–H groups in total. The van der Waals surface area contributed by atoms with Crippen LogP contribution >= 0.6 is 0 Å². The van der Waals surface area contributed by atoms with Crippen molar-refractivity contribution in [1.29, 1.82) is 0 Å². The molecule has 0 radical (unpaired) electrons. The second-order valence-corrected chi connectivity index (χ2v) is 6.81. The van der Waals surface area contributed by atoms with E-state index in [-0.39, 0.29) is 12.5 Å². The van der Waals surface area contributed by atoms with Gasteiger partial charge in [0.25, 0.3) is 0 Å². The highest BCUT2D eigenvalue weighted by molar-refractivity contribution is 5.90. The van der Waals surface area contributed by atoms with Crippen molar-refractivity contribution in [3.05, 3.63) is 90.0 Å². The van der Waals surface area contributed by atoms with Crippen LogP contribution < -0.4 is 10.1 Å². The van der Waals surface area contributed by atoms with Gasteiger partial charge < -0.3 is 10.1 Å². The van der Waals surface area contributed by atoms with Gasteiger partial charge in [-0.3, -0.25) is 4.79 Å². The van der Waals surface area contributed by atoms with Crippen molar-refractivity contribution >= 4 is 11.6 Å². The minimum atomic E-state index is -0.235. The number of carbonyl (C=O) groups is 1. The average Bonchev–Trinajstić information content (AvgIpc) is 3.22. The number of aromatic nitrogens is 4. The number of tetrazole rings is 1. The van der Waals surface area contributed by atoms with Gasteiger partial charge in [-0.05, 0) is 47.5 Å². The van der Waals surface area contributed by atoms with E-state index >= 15 is 0 Å². The Hall–Kier alpha value is -4.00. The number of nitrogens with one attached hydrogen (secondary N) is 1. The van der Waals surface area contributed by atoms with E-state index in [4.69, 9.17) is 4.74 Å². The van der Waals surface area contributed by atoms with Crippen LogP contribution in [0.15, 0.2) is 78.9 Å². The summed E-state index contributed by atoms with van der Waals surface area (Å²) in [5, 5.41) is 15.2. The summed E-state index contributed by atoms with van der Waals surface area (Å²) in [7, 11) is 0. The van der Waals surface area contributed by atoms with Crippen LogP contribution in [0.2, 0.25) is 0 Å². The predicted octanol–water partition coefficient (Wildman–Crippen LogP) is 3.87. The molecule has 0 spiro atoms. The van der Waals surface area contributed by atoms with E-state index in [2.05, 4.69) is 20.7 Å². The molecule has 0 aliphatic carbocycles. The maximum absolute atomic E-state index is 12.3. The fourth-order valence-corrected chi connectivity index (χ4v) is 2.95. The minimum Gasteiger partial charge on any atom is -0.489 e. The number of rotatable bonds is 7. The largest absolute Gasteiger partial charge is 0.489 e. The third kappa shape index (κ3) is 4.88. The molecule has 1 amide bonds. The zero-order chi connectivity index (χ0) is 20.8. The summed E-state index contributed by atoms with van der Waals surface area (Å²) in [4.78, 5) is 13.6. The Kier molecular flexibility index (Phi) is 5.80. The summed E-state index contributed by atoms with van der Waals surface area (Å²) in [5.41, 5.74) is 3.72. The zero-order valence-corrected chi connectivity index (χ0v) is 16.5. The second-order valence-electron chi connectivity index (χ2n) is 6.81. The molecule has 4 aromatic rings. The van der Waals surface area contributed by atoms with Gasteiger partial charge in [-0.25, -0.2) is 0 Å². The number of hydrogen-bond acceptors (Lipinski definition) is 5. The topological polar surface area (TPSA) is 81.9 Å². The lowest BCUT2D eigenvalue weighted by molar-refractivity contribution is -0.117. The van der Waals surface area contributed by atoms with Gasteiger partial charge in [0, 0.05) is 11.3 Å². The fourth-order valence-electron chi connectivity index (χ4n) is 2.95. The van der Waals surface area contributed by atoms with Crippen molar-refractivity contribution in [3.8, 4) is 17.1 Å². The number of amides is 1. The number of nitrogens with zero attached hydrogens (tertiary/aromatic N) is 4. The fraction of sp³-hybridized carbons (Fsp3) is 0.130. The molecule has 1 heterocycles. The third-order valence-corrected chi connectivity index (χ3v) is 4.51. The van der Waals surface area contributed by atoms with Crippen LogP contribution in [0.5, 0.6) is 5.75 Å². The molecule has 4 rings (SSSR count). The molecule has 0 bridgehead atoms. The number of benzene rings is 3. The van der Waals surface area contributed by atoms with E-state index in [0.29, 0.717) is 18.1 Å². The van der Waals surface area contributed by atoms with Gasteiger partial charge in [0.15, 0.2) is 0 Å². The monoisotopic (exact) mass is 399 g/mol. The molecule has 0 saturated heterocycles. The maximum atomic E-state index is 12.3. The zero-order valence-electron chi connectivity index (χ0n) is 16.5. The van der Waals surface area contributed by atoms with Crippen LogP contribution in [-0.4, -0.2) is 26.1 Å². The van der Waals surface area contributed by atoms with Gasteiger partial charge in [0.2, 0.25) is 11.7 Å². The van der Waals surface area contributed by atoms with Crippen molar-refractivity contribution in [2.45, 2.75) is 20.1 Å². The lowest BCUT2D eigenvalue weighted by atomic mass is 10.1. The summed E-state index contributed by atoms with van der Waals surface area (Å²) in [6, 6.07) is 25.0. The number of ether oxygens (including phenoxy) is 1. The molecule has 3 aromatic carbocycles. The molecule has 0 fully saturated rings. The highest BCUT2D eigenvalue weighted by Crippen LogP contribution is 2.19. The van der Waals surface area contributed by atoms with Gasteiger partial charge in [-0.15, -0.1) is 10.2 Å². The number of anilines is 1. The van der Waals surface area contributed by atoms with Gasteiger partial charge in [-0.1, -0.05) is 54.6 Å². The summed E-state index contributed by atoms with van der Waals surface area (Å²) in [5.74, 6) is 1.00. The molecule has 0 atom stereocenters. The van der Waals surface area contributed by atoms with Crippen molar-refractivity contribution < 1.29 is 9.53 Å². The molecule has 7 heteroatoms. The summed E-state index contributed by atoms with van der Waals surface area (Å²) >= 11 is 0. The third-order valence-electron chi connectivity index (χ3n) is 4.51. The summed E-state index contributed by atoms with van der Waals surface area (Å²) in [6.07, 6.45) is 0. The Morgan fingerprint density at radius 1 is 0.967 bits per heavy atom. The van der Waals surface area contributed by atoms with Crippen LogP contribution in [0, 0.1) is 6.92 Å². The van der Waals surface area contributed by atoms with E-state index in [9.17, 15) is 4.79 Å². The van der Waals surface area contributed by atoms with Crippen molar-refractivity contribution in [3.63, 3.8) is 0 Å². The predicted molar refractivity (Wildman–Crippen MR) is 114 cm³/mol. The van der Waals surface area contributed by atoms with E-state index in [1.807, 2.05) is 73.7 Å². The van der Waals surface area contributed by atoms with Crippen molar-refractivity contribution in [2.24, 2.45) is 0 Å². The van der Waals surface area contributed by atoms with Crippen LogP contribution in [-0.2, 0) is 17.9 Å². The standard InChI is InChI=1S/C23H21N5O2/c1-17-7-5-6-10-21(17)23-25-27-28(26-23)15-22(29)24-19-11-13-20(14-12-19)30-16-18-8-3-2-4-9-18/h2-14H,15-16H2,1H3,(H,24,29). The first-order valence-electron chi connectivity index (χ1n) is 9.58. The van der Waals surface area contributed by atoms with Crippen molar-refractivity contribution in [2.75, 3.05) is 5.32 Å². The Balaban J connectivity index is 1.31. The van der Waals surface area contributed by atoms with Gasteiger partial charge in [-0.2, -0.15) is 4.80 Å². The smallest absolute Gasteiger partial charge is 0.248 e. The molecular formula is C23H21N5O2. The van der Waals surface area contributed by atoms with Crippen LogP contribution in [0.25, 0.3) is 11.4 Å². The second kappa shape index (κ2) is 9.00. The molecule has 0 aliphatic heterocycles. The van der Waals surface area contributed by atoms with E-state index in [1.54, 1.807) is 12.1 Å². The molecule has 150 valence electrons. The Morgan fingerprint density at radius 2 is 1.70 bits per heavy atom. The molecule has 7 nitrogen and oxygen atoms in total. The highest BCUT2D eigenvalue weighted by atomic mass is 16.5. The van der Waals surface area contributed by atoms with Gasteiger partial charge >= 0.3 is 0 Å². The first-order valence-corrected chi connectivity index (χ1v) is 9.58. The number of aryl methyl sites for hydroxylation is 1. The quantitative estimate of drug-likeness (QED) is 0.510. The molecule has 0 unspecified atom stereocenters. The van der Waals surface area contributed by atoms with Crippen LogP contribution in [0.4, 0.5) is 5.69 Å². The van der Waals surface area contributed by atoms with Crippen LogP contribution in [0.3, 0.4) is 0 Å². The summed E-state index contributed by atoms with van der Waals surface area (Å²) in [6.45, 7) is 2.45. The Morgan fingerprint density at radius 3 is 2.47 bits per heavy atom. The minimum absolute atomic E-state index is 0.0227. The number of carbonyl (C=O) groups excluding carboxylic acids is 1. The van der Waals surface area contributed by atoms with Crippen LogP contribution in [0.1, 0.15) is 11.1 Å². The average molecular weight is 399 g/mol. The number of hydrogen-bond donors (Lipinski definition) is 1. The molecule has 30 heavy (non-hydrogen) atoms. The highest BCUT2D eigenvalue weighted by Gasteiger charge is 2.11. The van der Waals surface area contributed by atoms with Gasteiger partial charge in [0.1, 0.15) is 18.9 Å². The van der Waals surface area contributed by atoms with Crippen molar-refractivity contribution in [1.82, 2.24) is 20.2 Å². The van der Waals surface area contributed by atoms with E-state index in [1.165, 1.54) is 4.80 Å². The first kappa shape index (κ1) is 19.3. The first-order chi connectivity index (χ1) is 14.7. The van der Waals surface area contributed by atoms with E-state index in [0.717, 1.165) is 22.4 Å². The lowest BCUT2D eigenvalue weighted by Crippen LogP contribution is -2.20.